The maximum Gasteiger partial charge on any atom is 0.306 e. The topological polar surface area (TPSA) is 63.2 Å². The van der Waals surface area contributed by atoms with Crippen molar-refractivity contribution in [2.24, 2.45) is 17.8 Å². The van der Waals surface area contributed by atoms with E-state index < -0.39 is 0 Å². The predicted molar refractivity (Wildman–Crippen MR) is 124 cm³/mol. The molecule has 0 spiro atoms. The Morgan fingerprint density at radius 3 is 2.58 bits per heavy atom. The molecule has 3 heterocycles. The fraction of sp³-hybridized carbons (Fsp3) is 0.815. The van der Waals surface area contributed by atoms with Gasteiger partial charge < -0.3 is 23.7 Å². The van der Waals surface area contributed by atoms with E-state index >= 15 is 0 Å². The third kappa shape index (κ3) is 6.82. The SMILES string of the molecule is CC#CCCC(C)[C@@H](/C=C/[C@@H]1[C@H]2CC(=O)O[C@H]2C[C@H]1OC1CCCCO1)OC1CCCCO1. The highest BCUT2D eigenvalue weighted by Crippen LogP contribution is 2.44. The summed E-state index contributed by atoms with van der Waals surface area (Å²) in [4.78, 5) is 12.0. The van der Waals surface area contributed by atoms with Crippen molar-refractivity contribution in [1.29, 1.82) is 0 Å². The van der Waals surface area contributed by atoms with Crippen molar-refractivity contribution in [3.8, 4) is 11.8 Å². The van der Waals surface area contributed by atoms with Crippen molar-refractivity contribution in [3.05, 3.63) is 12.2 Å². The van der Waals surface area contributed by atoms with Crippen LogP contribution in [-0.4, -0.2) is 50.1 Å². The molecule has 3 unspecified atom stereocenters. The molecule has 0 N–H and O–H groups in total. The van der Waals surface area contributed by atoms with E-state index in [9.17, 15) is 4.79 Å². The van der Waals surface area contributed by atoms with Crippen LogP contribution in [0.4, 0.5) is 0 Å². The first-order valence-electron chi connectivity index (χ1n) is 13.0. The van der Waals surface area contributed by atoms with Crippen molar-refractivity contribution >= 4 is 5.97 Å². The molecule has 3 aliphatic heterocycles. The molecule has 1 saturated carbocycles. The van der Waals surface area contributed by atoms with Crippen LogP contribution in [0.15, 0.2) is 12.2 Å². The number of hydrogen-bond acceptors (Lipinski definition) is 6. The lowest BCUT2D eigenvalue weighted by atomic mass is 9.90. The minimum Gasteiger partial charge on any atom is -0.462 e. The summed E-state index contributed by atoms with van der Waals surface area (Å²) in [6.45, 7) is 5.62. The molecule has 1 aliphatic carbocycles. The molecule has 33 heavy (non-hydrogen) atoms. The van der Waals surface area contributed by atoms with E-state index in [1.165, 1.54) is 0 Å². The molecule has 0 amide bonds. The zero-order valence-corrected chi connectivity index (χ0v) is 20.2. The van der Waals surface area contributed by atoms with Crippen LogP contribution in [0.2, 0.25) is 0 Å². The van der Waals surface area contributed by atoms with Gasteiger partial charge in [0.15, 0.2) is 12.6 Å². The molecule has 0 radical (unpaired) electrons. The van der Waals surface area contributed by atoms with Gasteiger partial charge in [-0.2, -0.15) is 0 Å². The maximum absolute atomic E-state index is 12.0. The van der Waals surface area contributed by atoms with Crippen LogP contribution >= 0.6 is 0 Å². The van der Waals surface area contributed by atoms with Gasteiger partial charge in [-0.15, -0.1) is 11.8 Å². The van der Waals surface area contributed by atoms with Crippen LogP contribution in [0.3, 0.4) is 0 Å². The molecule has 6 heteroatoms. The first-order chi connectivity index (χ1) is 16.1. The number of fused-ring (bicyclic) bond motifs is 1. The van der Waals surface area contributed by atoms with Gasteiger partial charge in [0.2, 0.25) is 0 Å². The molecule has 0 aromatic heterocycles. The molecule has 4 rings (SSSR count). The molecule has 8 atom stereocenters. The summed E-state index contributed by atoms with van der Waals surface area (Å²) in [5, 5.41) is 0. The Kier molecular flexibility index (Phi) is 9.26. The van der Waals surface area contributed by atoms with E-state index in [4.69, 9.17) is 23.7 Å². The van der Waals surface area contributed by atoms with Crippen molar-refractivity contribution in [2.75, 3.05) is 13.2 Å². The second-order valence-corrected chi connectivity index (χ2v) is 9.90. The van der Waals surface area contributed by atoms with Crippen molar-refractivity contribution < 1.29 is 28.5 Å². The standard InChI is InChI=1S/C27H40O6/c1-3-4-5-10-19(2)22(32-26-11-6-8-15-29-26)14-13-20-21-17-25(28)31-24(21)18-23(20)33-27-12-7-9-16-30-27/h13-14,19-24,26-27H,5-12,15-18H2,1-2H3/b14-13+/t19?,20-,21-,22-,23-,24+,26?,27?/m1/s1. The highest BCUT2D eigenvalue weighted by Gasteiger charge is 2.50. The fourth-order valence-corrected chi connectivity index (χ4v) is 5.51. The molecule has 4 fully saturated rings. The summed E-state index contributed by atoms with van der Waals surface area (Å²) < 4.78 is 30.2. The Balaban J connectivity index is 1.46. The summed E-state index contributed by atoms with van der Waals surface area (Å²) in [6.07, 6.45) is 13.4. The first-order valence-corrected chi connectivity index (χ1v) is 13.0. The van der Waals surface area contributed by atoms with Crippen molar-refractivity contribution in [3.63, 3.8) is 0 Å². The number of hydrogen-bond donors (Lipinski definition) is 0. The fourth-order valence-electron chi connectivity index (χ4n) is 5.51. The van der Waals surface area contributed by atoms with Crippen LogP contribution < -0.4 is 0 Å². The van der Waals surface area contributed by atoms with Gasteiger partial charge in [0, 0.05) is 37.9 Å². The molecule has 0 bridgehead atoms. The Hall–Kier alpha value is -1.39. The quantitative estimate of drug-likeness (QED) is 0.281. The summed E-state index contributed by atoms with van der Waals surface area (Å²) in [5.74, 6) is 6.66. The Morgan fingerprint density at radius 2 is 1.88 bits per heavy atom. The number of rotatable bonds is 9. The lowest BCUT2D eigenvalue weighted by Gasteiger charge is -2.31. The van der Waals surface area contributed by atoms with Crippen LogP contribution in [-0.2, 0) is 28.5 Å². The minimum absolute atomic E-state index is 0.000273. The van der Waals surface area contributed by atoms with E-state index in [1.807, 2.05) is 6.92 Å². The highest BCUT2D eigenvalue weighted by molar-refractivity contribution is 5.72. The third-order valence-corrected chi connectivity index (χ3v) is 7.45. The molecule has 3 saturated heterocycles. The normalized spacial score (nSPS) is 36.1. The Labute approximate surface area is 198 Å². The molecule has 0 aromatic rings. The minimum atomic E-state index is -0.150. The smallest absolute Gasteiger partial charge is 0.306 e. The highest BCUT2D eigenvalue weighted by atomic mass is 16.7. The number of ether oxygens (including phenoxy) is 5. The molecular weight excluding hydrogens is 420 g/mol. The second kappa shape index (κ2) is 12.4. The monoisotopic (exact) mass is 460 g/mol. The van der Waals surface area contributed by atoms with Crippen LogP contribution in [0.5, 0.6) is 0 Å². The zero-order chi connectivity index (χ0) is 23.0. The maximum atomic E-state index is 12.0. The lowest BCUT2D eigenvalue weighted by molar-refractivity contribution is -0.194. The largest absolute Gasteiger partial charge is 0.462 e. The zero-order valence-electron chi connectivity index (χ0n) is 20.2. The van der Waals surface area contributed by atoms with E-state index in [0.717, 1.165) is 71.0 Å². The van der Waals surface area contributed by atoms with Crippen LogP contribution in [0.25, 0.3) is 0 Å². The summed E-state index contributed by atoms with van der Waals surface area (Å²) in [7, 11) is 0. The number of esters is 1. The van der Waals surface area contributed by atoms with E-state index in [2.05, 4.69) is 30.9 Å². The molecule has 6 nitrogen and oxygen atoms in total. The van der Waals surface area contributed by atoms with Gasteiger partial charge in [-0.3, -0.25) is 4.79 Å². The summed E-state index contributed by atoms with van der Waals surface area (Å²) >= 11 is 0. The average Bonchev–Trinajstić information content (AvgIpc) is 3.33. The molecule has 0 aromatic carbocycles. The van der Waals surface area contributed by atoms with E-state index in [1.54, 1.807) is 0 Å². The Morgan fingerprint density at radius 1 is 1.12 bits per heavy atom. The van der Waals surface area contributed by atoms with Gasteiger partial charge in [-0.25, -0.2) is 0 Å². The molecule has 184 valence electrons. The Bertz CT molecular complexity index is 712. The predicted octanol–water partition coefficient (Wildman–Crippen LogP) is 4.76. The van der Waals surface area contributed by atoms with Crippen molar-refractivity contribution in [1.82, 2.24) is 0 Å². The summed E-state index contributed by atoms with van der Waals surface area (Å²) in [6, 6.07) is 0. The second-order valence-electron chi connectivity index (χ2n) is 9.90. The van der Waals surface area contributed by atoms with Gasteiger partial charge in [0.25, 0.3) is 0 Å². The third-order valence-electron chi connectivity index (χ3n) is 7.45. The molecular formula is C27H40O6. The summed E-state index contributed by atoms with van der Waals surface area (Å²) in [5.41, 5.74) is 0. The first kappa shape index (κ1) is 24.7. The number of carbonyl (C=O) groups is 1. The van der Waals surface area contributed by atoms with Gasteiger partial charge in [-0.05, 0) is 57.8 Å². The van der Waals surface area contributed by atoms with Gasteiger partial charge in [0.1, 0.15) is 6.10 Å². The average molecular weight is 461 g/mol. The molecule has 4 aliphatic rings. The van der Waals surface area contributed by atoms with Gasteiger partial charge >= 0.3 is 5.97 Å². The van der Waals surface area contributed by atoms with Crippen LogP contribution in [0.1, 0.15) is 78.1 Å². The van der Waals surface area contributed by atoms with E-state index in [0.29, 0.717) is 12.3 Å². The van der Waals surface area contributed by atoms with Gasteiger partial charge in [-0.1, -0.05) is 19.1 Å². The van der Waals surface area contributed by atoms with E-state index in [-0.39, 0.29) is 48.7 Å². The van der Waals surface area contributed by atoms with Gasteiger partial charge in [0.05, 0.1) is 18.6 Å². The lowest BCUT2D eigenvalue weighted by Crippen LogP contribution is -2.32. The van der Waals surface area contributed by atoms with Crippen molar-refractivity contribution in [2.45, 2.75) is 109 Å². The number of carbonyl (C=O) groups excluding carboxylic acids is 1. The van der Waals surface area contributed by atoms with Crippen LogP contribution in [0, 0.1) is 29.6 Å².